The van der Waals surface area contributed by atoms with E-state index >= 15 is 0 Å². The molecule has 0 radical (unpaired) electrons. The Morgan fingerprint density at radius 2 is 1.88 bits per heavy atom. The summed E-state index contributed by atoms with van der Waals surface area (Å²) < 4.78 is 2.74. The van der Waals surface area contributed by atoms with Crippen molar-refractivity contribution in [3.05, 3.63) is 63.4 Å². The van der Waals surface area contributed by atoms with Gasteiger partial charge in [0.2, 0.25) is 5.91 Å². The van der Waals surface area contributed by atoms with Gasteiger partial charge in [0.1, 0.15) is 0 Å². The zero-order valence-corrected chi connectivity index (χ0v) is 19.9. The molecule has 0 saturated carbocycles. The van der Waals surface area contributed by atoms with Crippen LogP contribution in [0.15, 0.2) is 47.3 Å². The van der Waals surface area contributed by atoms with Gasteiger partial charge in [0.05, 0.1) is 10.1 Å². The first-order valence-corrected chi connectivity index (χ1v) is 12.3. The summed E-state index contributed by atoms with van der Waals surface area (Å²) in [6.45, 7) is 8.05. The van der Waals surface area contributed by atoms with Crippen molar-refractivity contribution in [2.45, 2.75) is 26.3 Å². The predicted octanol–water partition coefficient (Wildman–Crippen LogP) is 3.74. The van der Waals surface area contributed by atoms with Crippen LogP contribution in [0, 0.1) is 6.92 Å². The van der Waals surface area contributed by atoms with Crippen LogP contribution in [0.3, 0.4) is 0 Å². The first kappa shape index (κ1) is 22.8. The normalized spacial score (nSPS) is 14.8. The summed E-state index contributed by atoms with van der Waals surface area (Å²) in [7, 11) is 0. The first-order chi connectivity index (χ1) is 15.5. The highest BCUT2D eigenvalue weighted by Gasteiger charge is 2.18. The second-order valence-corrected chi connectivity index (χ2v) is 9.71. The van der Waals surface area contributed by atoms with E-state index in [2.05, 4.69) is 28.1 Å². The minimum Gasteiger partial charge on any atom is -0.369 e. The highest BCUT2D eigenvalue weighted by Crippen LogP contribution is 2.25. The van der Waals surface area contributed by atoms with Gasteiger partial charge < -0.3 is 10.2 Å². The Morgan fingerprint density at radius 1 is 1.09 bits per heavy atom. The van der Waals surface area contributed by atoms with Gasteiger partial charge in [-0.25, -0.2) is 0 Å². The van der Waals surface area contributed by atoms with E-state index in [0.29, 0.717) is 25.9 Å². The maximum atomic E-state index is 12.4. The number of benzene rings is 2. The Morgan fingerprint density at radius 3 is 2.66 bits per heavy atom. The lowest BCUT2D eigenvalue weighted by Crippen LogP contribution is -2.48. The number of carbonyl (C=O) groups excluding carboxylic acids is 1. The fourth-order valence-corrected chi connectivity index (χ4v) is 5.32. The van der Waals surface area contributed by atoms with E-state index in [0.717, 1.165) is 47.8 Å². The number of nitrogens with one attached hydrogen (secondary N) is 1. The van der Waals surface area contributed by atoms with Crippen LogP contribution in [0.25, 0.3) is 10.1 Å². The first-order valence-electron chi connectivity index (χ1n) is 11.1. The quantitative estimate of drug-likeness (QED) is 0.542. The molecule has 170 valence electrons. The zero-order chi connectivity index (χ0) is 22.5. The maximum Gasteiger partial charge on any atom is 0.268 e. The van der Waals surface area contributed by atoms with Crippen LogP contribution in [0.4, 0.5) is 5.69 Å². The molecule has 1 aromatic heterocycles. The highest BCUT2D eigenvalue weighted by atomic mass is 35.5. The Bertz CT molecular complexity index is 1130. The summed E-state index contributed by atoms with van der Waals surface area (Å²) in [5.74, 6) is 0.0485. The molecule has 0 spiro atoms. The average molecular weight is 473 g/mol. The van der Waals surface area contributed by atoms with Gasteiger partial charge in [0, 0.05) is 62.9 Å². The van der Waals surface area contributed by atoms with Crippen molar-refractivity contribution in [2.75, 3.05) is 44.2 Å². The molecule has 0 bridgehead atoms. The van der Waals surface area contributed by atoms with Gasteiger partial charge in [0.25, 0.3) is 5.56 Å². The van der Waals surface area contributed by atoms with E-state index in [1.54, 1.807) is 3.96 Å². The fourth-order valence-electron chi connectivity index (χ4n) is 4.13. The molecule has 1 aliphatic rings. The molecular weight excluding hydrogens is 444 g/mol. The SMILES string of the molecule is Cc1ccc(Cl)cc1N1CCN(CCNC(=O)CCCn2sc3ccccc3c2=O)CC1. The lowest BCUT2D eigenvalue weighted by atomic mass is 10.1. The van der Waals surface area contributed by atoms with Gasteiger partial charge in [-0.1, -0.05) is 41.3 Å². The Kier molecular flexibility index (Phi) is 7.50. The number of carbonyl (C=O) groups is 1. The molecule has 1 N–H and O–H groups in total. The number of rotatable bonds is 8. The van der Waals surface area contributed by atoms with Crippen LogP contribution in [-0.2, 0) is 11.3 Å². The van der Waals surface area contributed by atoms with Gasteiger partial charge in [0.15, 0.2) is 0 Å². The Hall–Kier alpha value is -2.35. The van der Waals surface area contributed by atoms with Gasteiger partial charge >= 0.3 is 0 Å². The number of aryl methyl sites for hydroxylation is 2. The Labute approximate surface area is 197 Å². The standard InChI is InChI=1S/C24H29ClN4O2S/c1-18-8-9-19(25)17-21(18)28-15-13-27(14-16-28)12-10-26-23(30)7-4-11-29-24(31)20-5-2-3-6-22(20)32-29/h2-3,5-6,8-9,17H,4,7,10-16H2,1H3,(H,26,30). The van der Waals surface area contributed by atoms with Crippen LogP contribution in [0.5, 0.6) is 0 Å². The lowest BCUT2D eigenvalue weighted by Gasteiger charge is -2.36. The largest absolute Gasteiger partial charge is 0.369 e. The minimum atomic E-state index is 0.0399. The molecule has 4 rings (SSSR count). The molecule has 0 unspecified atom stereocenters. The molecule has 1 saturated heterocycles. The number of aromatic nitrogens is 1. The zero-order valence-electron chi connectivity index (χ0n) is 18.3. The summed E-state index contributed by atoms with van der Waals surface area (Å²) in [6, 6.07) is 13.7. The van der Waals surface area contributed by atoms with Gasteiger partial charge in [-0.2, -0.15) is 0 Å². The van der Waals surface area contributed by atoms with E-state index in [1.165, 1.54) is 22.8 Å². The van der Waals surface area contributed by atoms with Crippen LogP contribution in [0.1, 0.15) is 18.4 Å². The third-order valence-corrected chi connectivity index (χ3v) is 7.31. The van der Waals surface area contributed by atoms with E-state index in [1.807, 2.05) is 36.4 Å². The summed E-state index contributed by atoms with van der Waals surface area (Å²) in [5.41, 5.74) is 2.49. The molecule has 6 nitrogen and oxygen atoms in total. The Balaban J connectivity index is 1.14. The molecule has 3 aromatic rings. The maximum absolute atomic E-state index is 12.4. The van der Waals surface area contributed by atoms with Crippen molar-refractivity contribution in [1.82, 2.24) is 14.2 Å². The third kappa shape index (κ3) is 5.52. The second-order valence-electron chi connectivity index (χ2n) is 8.21. The smallest absolute Gasteiger partial charge is 0.268 e. The van der Waals surface area contributed by atoms with Crippen LogP contribution < -0.4 is 15.8 Å². The van der Waals surface area contributed by atoms with Crippen molar-refractivity contribution in [1.29, 1.82) is 0 Å². The van der Waals surface area contributed by atoms with Gasteiger partial charge in [-0.15, -0.1) is 0 Å². The van der Waals surface area contributed by atoms with Crippen LogP contribution in [0.2, 0.25) is 5.02 Å². The van der Waals surface area contributed by atoms with Crippen molar-refractivity contribution >= 4 is 44.8 Å². The molecule has 2 heterocycles. The molecule has 0 atom stereocenters. The molecule has 32 heavy (non-hydrogen) atoms. The number of amides is 1. The topological polar surface area (TPSA) is 57.6 Å². The van der Waals surface area contributed by atoms with Crippen LogP contribution in [-0.4, -0.2) is 54.0 Å². The van der Waals surface area contributed by atoms with Crippen LogP contribution >= 0.6 is 23.1 Å². The summed E-state index contributed by atoms with van der Waals surface area (Å²) in [4.78, 5) is 29.3. The predicted molar refractivity (Wildman–Crippen MR) is 133 cm³/mol. The number of nitrogens with zero attached hydrogens (tertiary/aromatic N) is 3. The second kappa shape index (κ2) is 10.5. The highest BCUT2D eigenvalue weighted by molar-refractivity contribution is 7.13. The monoisotopic (exact) mass is 472 g/mol. The van der Waals surface area contributed by atoms with E-state index in [9.17, 15) is 9.59 Å². The summed E-state index contributed by atoms with van der Waals surface area (Å²) >= 11 is 7.63. The number of anilines is 1. The number of hydrogen-bond acceptors (Lipinski definition) is 5. The summed E-state index contributed by atoms with van der Waals surface area (Å²) in [5, 5.41) is 4.55. The number of hydrogen-bond donors (Lipinski definition) is 1. The molecular formula is C24H29ClN4O2S. The fraction of sp³-hybridized carbons (Fsp3) is 0.417. The minimum absolute atomic E-state index is 0.0399. The van der Waals surface area contributed by atoms with Crippen molar-refractivity contribution < 1.29 is 4.79 Å². The molecule has 1 fully saturated rings. The summed E-state index contributed by atoms with van der Waals surface area (Å²) in [6.07, 6.45) is 1.10. The van der Waals surface area contributed by atoms with Gasteiger partial charge in [-0.05, 0) is 43.2 Å². The van der Waals surface area contributed by atoms with Crippen molar-refractivity contribution in [3.8, 4) is 0 Å². The van der Waals surface area contributed by atoms with Crippen molar-refractivity contribution in [3.63, 3.8) is 0 Å². The van der Waals surface area contributed by atoms with E-state index in [4.69, 9.17) is 11.6 Å². The van der Waals surface area contributed by atoms with E-state index in [-0.39, 0.29) is 11.5 Å². The molecule has 1 aliphatic heterocycles. The number of halogens is 1. The number of piperazine rings is 1. The van der Waals surface area contributed by atoms with Gasteiger partial charge in [-0.3, -0.25) is 18.4 Å². The average Bonchev–Trinajstić information content (AvgIpc) is 3.12. The lowest BCUT2D eigenvalue weighted by molar-refractivity contribution is -0.121. The molecule has 2 aromatic carbocycles. The molecule has 0 aliphatic carbocycles. The van der Waals surface area contributed by atoms with E-state index < -0.39 is 0 Å². The third-order valence-electron chi connectivity index (χ3n) is 5.95. The van der Waals surface area contributed by atoms with Crippen molar-refractivity contribution in [2.24, 2.45) is 0 Å². The number of fused-ring (bicyclic) bond motifs is 1. The molecule has 8 heteroatoms. The molecule has 1 amide bonds.